The van der Waals surface area contributed by atoms with Crippen molar-refractivity contribution in [3.63, 3.8) is 0 Å². The Hall–Kier alpha value is -0.460. The molecule has 1 aromatic rings. The normalized spacial score (nSPS) is 12.3. The molecule has 0 N–H and O–H groups in total. The molecule has 1 rings (SSSR count). The summed E-state index contributed by atoms with van der Waals surface area (Å²) in [7, 11) is -3.79. The van der Waals surface area contributed by atoms with E-state index < -0.39 is 15.8 Å². The molecule has 1 aromatic carbocycles. The first-order valence-electron chi connectivity index (χ1n) is 6.77. The van der Waals surface area contributed by atoms with E-state index in [0.717, 1.165) is 19.3 Å². The summed E-state index contributed by atoms with van der Waals surface area (Å²) in [5.74, 6) is -0.722. The maximum absolute atomic E-state index is 13.9. The predicted octanol–water partition coefficient (Wildman–Crippen LogP) is 4.18. The highest BCUT2D eigenvalue weighted by atomic mass is 79.9. The second kappa shape index (κ2) is 7.52. The largest absolute Gasteiger partial charge is 0.246 e. The Morgan fingerprint density at radius 3 is 2.45 bits per heavy atom. The van der Waals surface area contributed by atoms with Crippen molar-refractivity contribution in [1.29, 1.82) is 0 Å². The zero-order valence-electron chi connectivity index (χ0n) is 12.1. The van der Waals surface area contributed by atoms with Gasteiger partial charge >= 0.3 is 0 Å². The molecule has 0 spiro atoms. The lowest BCUT2D eigenvalue weighted by Crippen LogP contribution is -2.38. The summed E-state index contributed by atoms with van der Waals surface area (Å²) < 4.78 is 41.0. The monoisotopic (exact) mass is 365 g/mol. The fourth-order valence-corrected chi connectivity index (χ4v) is 4.04. The zero-order chi connectivity index (χ0) is 15.3. The van der Waals surface area contributed by atoms with Crippen molar-refractivity contribution >= 4 is 26.0 Å². The quantitative estimate of drug-likeness (QED) is 0.679. The van der Waals surface area contributed by atoms with Gasteiger partial charge in [-0.05, 0) is 38.5 Å². The minimum absolute atomic E-state index is 0.195. The van der Waals surface area contributed by atoms with Crippen molar-refractivity contribution in [2.24, 2.45) is 0 Å². The molecule has 0 amide bonds. The van der Waals surface area contributed by atoms with Crippen LogP contribution >= 0.6 is 15.9 Å². The lowest BCUT2D eigenvalue weighted by molar-refractivity contribution is 0.344. The summed E-state index contributed by atoms with van der Waals surface area (Å²) in [4.78, 5) is -0.258. The maximum atomic E-state index is 13.9. The van der Waals surface area contributed by atoms with Gasteiger partial charge in [0.2, 0.25) is 10.0 Å². The SMILES string of the molecule is CCCCCN(C(C)C)S(=O)(=O)c1ccc(Br)cc1F. The molecular formula is C14H21BrFNO2S. The van der Waals surface area contributed by atoms with Crippen molar-refractivity contribution in [3.8, 4) is 0 Å². The molecule has 0 unspecified atom stereocenters. The molecule has 0 aliphatic rings. The van der Waals surface area contributed by atoms with Gasteiger partial charge in [-0.3, -0.25) is 0 Å². The van der Waals surface area contributed by atoms with Crippen LogP contribution in [-0.2, 0) is 10.0 Å². The second-order valence-electron chi connectivity index (χ2n) is 4.99. The van der Waals surface area contributed by atoms with Crippen LogP contribution in [-0.4, -0.2) is 25.3 Å². The van der Waals surface area contributed by atoms with Gasteiger partial charge < -0.3 is 0 Å². The van der Waals surface area contributed by atoms with Crippen LogP contribution < -0.4 is 0 Å². The summed E-state index contributed by atoms with van der Waals surface area (Å²) >= 11 is 3.13. The van der Waals surface area contributed by atoms with E-state index in [-0.39, 0.29) is 10.9 Å². The molecule has 0 saturated carbocycles. The van der Waals surface area contributed by atoms with Gasteiger partial charge in [0.05, 0.1) is 0 Å². The Kier molecular flexibility index (Phi) is 6.61. The molecule has 0 bridgehead atoms. The first-order valence-corrected chi connectivity index (χ1v) is 9.01. The highest BCUT2D eigenvalue weighted by Gasteiger charge is 2.29. The lowest BCUT2D eigenvalue weighted by Gasteiger charge is -2.26. The molecule has 0 fully saturated rings. The Balaban J connectivity index is 3.09. The summed E-state index contributed by atoms with van der Waals surface area (Å²) in [6.45, 7) is 6.09. The predicted molar refractivity (Wildman–Crippen MR) is 82.7 cm³/mol. The number of nitrogens with zero attached hydrogens (tertiary/aromatic N) is 1. The van der Waals surface area contributed by atoms with Crippen LogP contribution in [0.4, 0.5) is 4.39 Å². The molecule has 0 aliphatic carbocycles. The first-order chi connectivity index (χ1) is 9.30. The van der Waals surface area contributed by atoms with E-state index in [9.17, 15) is 12.8 Å². The van der Waals surface area contributed by atoms with Gasteiger partial charge in [-0.15, -0.1) is 0 Å². The Bertz CT molecular complexity index is 546. The lowest BCUT2D eigenvalue weighted by atomic mass is 10.2. The summed E-state index contributed by atoms with van der Waals surface area (Å²) in [6, 6.07) is 3.84. The molecule has 20 heavy (non-hydrogen) atoms. The number of unbranched alkanes of at least 4 members (excludes halogenated alkanes) is 2. The molecular weight excluding hydrogens is 345 g/mol. The summed E-state index contributed by atoms with van der Waals surface area (Å²) in [6.07, 6.45) is 2.76. The Labute approximate surface area is 129 Å². The fourth-order valence-electron chi connectivity index (χ4n) is 1.98. The van der Waals surface area contributed by atoms with Crippen LogP contribution in [0.25, 0.3) is 0 Å². The Morgan fingerprint density at radius 1 is 1.30 bits per heavy atom. The van der Waals surface area contributed by atoms with Gasteiger partial charge in [0.25, 0.3) is 0 Å². The zero-order valence-corrected chi connectivity index (χ0v) is 14.5. The van der Waals surface area contributed by atoms with Crippen molar-refractivity contribution in [2.45, 2.75) is 51.0 Å². The number of sulfonamides is 1. The molecule has 0 aliphatic heterocycles. The van der Waals surface area contributed by atoms with Crippen LogP contribution in [0.15, 0.2) is 27.6 Å². The highest BCUT2D eigenvalue weighted by molar-refractivity contribution is 9.10. The minimum atomic E-state index is -3.79. The smallest absolute Gasteiger partial charge is 0.207 e. The topological polar surface area (TPSA) is 37.4 Å². The van der Waals surface area contributed by atoms with Gasteiger partial charge in [-0.1, -0.05) is 35.7 Å². The molecule has 114 valence electrons. The van der Waals surface area contributed by atoms with Gasteiger partial charge in [0.15, 0.2) is 0 Å². The Morgan fingerprint density at radius 2 is 1.95 bits per heavy atom. The summed E-state index contributed by atoms with van der Waals surface area (Å²) in [5.41, 5.74) is 0. The van der Waals surface area contributed by atoms with Gasteiger partial charge in [0, 0.05) is 17.1 Å². The minimum Gasteiger partial charge on any atom is -0.207 e. The standard InChI is InChI=1S/C14H21BrFNO2S/c1-4-5-6-9-17(11(2)3)20(18,19)14-8-7-12(15)10-13(14)16/h7-8,10-11H,4-6,9H2,1-3H3. The van der Waals surface area contributed by atoms with E-state index in [1.54, 1.807) is 19.9 Å². The van der Waals surface area contributed by atoms with Crippen LogP contribution in [0.2, 0.25) is 0 Å². The van der Waals surface area contributed by atoms with Crippen molar-refractivity contribution in [1.82, 2.24) is 4.31 Å². The summed E-state index contributed by atoms with van der Waals surface area (Å²) in [5, 5.41) is 0. The third kappa shape index (κ3) is 4.27. The number of hydrogen-bond acceptors (Lipinski definition) is 2. The number of benzene rings is 1. The maximum Gasteiger partial charge on any atom is 0.246 e. The van der Waals surface area contributed by atoms with E-state index in [1.165, 1.54) is 16.4 Å². The fraction of sp³-hybridized carbons (Fsp3) is 0.571. The van der Waals surface area contributed by atoms with E-state index in [4.69, 9.17) is 0 Å². The van der Waals surface area contributed by atoms with E-state index in [2.05, 4.69) is 22.9 Å². The number of hydrogen-bond donors (Lipinski definition) is 0. The van der Waals surface area contributed by atoms with Crippen molar-refractivity contribution in [2.75, 3.05) is 6.54 Å². The molecule has 0 aromatic heterocycles. The van der Waals surface area contributed by atoms with Crippen molar-refractivity contribution in [3.05, 3.63) is 28.5 Å². The van der Waals surface area contributed by atoms with E-state index in [1.807, 2.05) is 0 Å². The average molecular weight is 366 g/mol. The van der Waals surface area contributed by atoms with E-state index in [0.29, 0.717) is 11.0 Å². The van der Waals surface area contributed by atoms with Gasteiger partial charge in [-0.2, -0.15) is 4.31 Å². The molecule has 0 saturated heterocycles. The van der Waals surface area contributed by atoms with E-state index >= 15 is 0 Å². The van der Waals surface area contributed by atoms with Crippen LogP contribution in [0.3, 0.4) is 0 Å². The second-order valence-corrected chi connectivity index (χ2v) is 7.77. The highest BCUT2D eigenvalue weighted by Crippen LogP contribution is 2.24. The van der Waals surface area contributed by atoms with Crippen LogP contribution in [0.1, 0.15) is 40.0 Å². The van der Waals surface area contributed by atoms with Crippen LogP contribution in [0, 0.1) is 5.82 Å². The molecule has 0 radical (unpaired) electrons. The third-order valence-corrected chi connectivity index (χ3v) is 5.64. The number of rotatable bonds is 7. The molecule has 3 nitrogen and oxygen atoms in total. The number of halogens is 2. The third-order valence-electron chi connectivity index (χ3n) is 3.04. The van der Waals surface area contributed by atoms with Gasteiger partial charge in [0.1, 0.15) is 10.7 Å². The average Bonchev–Trinajstić information content (AvgIpc) is 2.33. The molecule has 0 atom stereocenters. The van der Waals surface area contributed by atoms with Crippen LogP contribution in [0.5, 0.6) is 0 Å². The first kappa shape index (κ1) is 17.6. The molecule has 0 heterocycles. The van der Waals surface area contributed by atoms with Gasteiger partial charge in [-0.25, -0.2) is 12.8 Å². The molecule has 6 heteroatoms. The van der Waals surface area contributed by atoms with Crippen molar-refractivity contribution < 1.29 is 12.8 Å².